The van der Waals surface area contributed by atoms with Crippen molar-refractivity contribution >= 4 is 11.6 Å². The monoisotopic (exact) mass is 247 g/mol. The summed E-state index contributed by atoms with van der Waals surface area (Å²) in [6, 6.07) is 4.06. The van der Waals surface area contributed by atoms with Crippen LogP contribution >= 0.6 is 11.6 Å². The summed E-state index contributed by atoms with van der Waals surface area (Å²) >= 11 is 5.93. The van der Waals surface area contributed by atoms with Crippen LogP contribution < -0.4 is 5.73 Å². The van der Waals surface area contributed by atoms with Gasteiger partial charge in [-0.1, -0.05) is 17.7 Å². The van der Waals surface area contributed by atoms with Gasteiger partial charge in [-0.3, -0.25) is 0 Å². The number of nitrogens with two attached hydrogens (primary N) is 1. The highest BCUT2D eigenvalue weighted by Crippen LogP contribution is 2.30. The van der Waals surface area contributed by atoms with Gasteiger partial charge in [0.1, 0.15) is 11.4 Å². The van der Waals surface area contributed by atoms with Gasteiger partial charge >= 0.3 is 0 Å². The summed E-state index contributed by atoms with van der Waals surface area (Å²) in [5.74, 6) is -0.407. The molecule has 0 aliphatic heterocycles. The molecule has 0 spiro atoms. The molecule has 1 atom stereocenters. The Hall–Kier alpha value is -0.680. The number of benzene rings is 1. The van der Waals surface area contributed by atoms with Gasteiger partial charge in [0.25, 0.3) is 0 Å². The van der Waals surface area contributed by atoms with E-state index in [9.17, 15) is 4.39 Å². The van der Waals surface area contributed by atoms with Gasteiger partial charge in [-0.05, 0) is 19.1 Å². The smallest absolute Gasteiger partial charge is 0.124 e. The molecule has 90 valence electrons. The van der Waals surface area contributed by atoms with Crippen molar-refractivity contribution in [3.63, 3.8) is 0 Å². The third-order valence-electron chi connectivity index (χ3n) is 2.40. The molecule has 0 bridgehead atoms. The first-order chi connectivity index (χ1) is 7.53. The highest BCUT2D eigenvalue weighted by Gasteiger charge is 2.28. The molecule has 1 aromatic rings. The summed E-state index contributed by atoms with van der Waals surface area (Å²) in [4.78, 5) is 0. The average molecular weight is 248 g/mol. The van der Waals surface area contributed by atoms with E-state index in [-0.39, 0.29) is 24.8 Å². The molecule has 0 aromatic heterocycles. The van der Waals surface area contributed by atoms with E-state index < -0.39 is 11.4 Å². The Balaban J connectivity index is 3.02. The number of aliphatic hydroxyl groups is 1. The number of hydrogen-bond acceptors (Lipinski definition) is 3. The molecule has 1 unspecified atom stereocenters. The maximum atomic E-state index is 12.9. The molecule has 3 nitrogen and oxygen atoms in total. The fourth-order valence-corrected chi connectivity index (χ4v) is 1.80. The quantitative estimate of drug-likeness (QED) is 0.832. The Kier molecular flexibility index (Phi) is 4.68. The van der Waals surface area contributed by atoms with Crippen LogP contribution in [0.4, 0.5) is 4.39 Å². The minimum absolute atomic E-state index is 0.103. The van der Waals surface area contributed by atoms with Gasteiger partial charge < -0.3 is 15.6 Å². The fourth-order valence-electron chi connectivity index (χ4n) is 1.44. The van der Waals surface area contributed by atoms with E-state index in [1.54, 1.807) is 13.0 Å². The van der Waals surface area contributed by atoms with Crippen molar-refractivity contribution < 1.29 is 14.2 Å². The second kappa shape index (κ2) is 5.59. The number of rotatable bonds is 5. The van der Waals surface area contributed by atoms with Gasteiger partial charge in [0.2, 0.25) is 0 Å². The van der Waals surface area contributed by atoms with E-state index in [1.165, 1.54) is 12.1 Å². The summed E-state index contributed by atoms with van der Waals surface area (Å²) in [7, 11) is 0. The van der Waals surface area contributed by atoms with Gasteiger partial charge in [0, 0.05) is 17.1 Å². The van der Waals surface area contributed by atoms with Crippen molar-refractivity contribution in [1.29, 1.82) is 0 Å². The van der Waals surface area contributed by atoms with Gasteiger partial charge in [-0.25, -0.2) is 4.39 Å². The first-order valence-electron chi connectivity index (χ1n) is 4.94. The summed E-state index contributed by atoms with van der Waals surface area (Å²) in [6.45, 7) is 2.00. The third-order valence-corrected chi connectivity index (χ3v) is 2.72. The molecular formula is C11H15ClFNO2. The Morgan fingerprint density at radius 3 is 2.75 bits per heavy atom. The van der Waals surface area contributed by atoms with Gasteiger partial charge in [-0.2, -0.15) is 0 Å². The van der Waals surface area contributed by atoms with E-state index in [0.717, 1.165) is 0 Å². The predicted octanol–water partition coefficient (Wildman–Crippen LogP) is 1.66. The molecule has 0 radical (unpaired) electrons. The topological polar surface area (TPSA) is 55.5 Å². The van der Waals surface area contributed by atoms with Crippen LogP contribution in [0.25, 0.3) is 0 Å². The number of halogens is 2. The zero-order valence-corrected chi connectivity index (χ0v) is 9.80. The van der Waals surface area contributed by atoms with Gasteiger partial charge in [-0.15, -0.1) is 0 Å². The molecule has 0 amide bonds. The van der Waals surface area contributed by atoms with Crippen molar-refractivity contribution in [2.45, 2.75) is 12.5 Å². The predicted molar refractivity (Wildman–Crippen MR) is 60.9 cm³/mol. The normalized spacial score (nSPS) is 14.8. The average Bonchev–Trinajstić information content (AvgIpc) is 2.26. The number of hydrogen-bond donors (Lipinski definition) is 2. The van der Waals surface area contributed by atoms with E-state index in [2.05, 4.69) is 0 Å². The van der Waals surface area contributed by atoms with E-state index in [0.29, 0.717) is 5.56 Å². The zero-order valence-electron chi connectivity index (χ0n) is 9.04. The molecule has 0 heterocycles. The molecule has 0 aliphatic carbocycles. The molecule has 0 saturated carbocycles. The van der Waals surface area contributed by atoms with Crippen LogP contribution in [-0.2, 0) is 10.3 Å². The number of aliphatic hydroxyl groups excluding tert-OH is 1. The molecule has 5 heteroatoms. The van der Waals surface area contributed by atoms with Crippen molar-refractivity contribution in [3.8, 4) is 0 Å². The van der Waals surface area contributed by atoms with Crippen LogP contribution in [0.2, 0.25) is 5.02 Å². The Bertz CT molecular complexity index is 362. The van der Waals surface area contributed by atoms with Crippen molar-refractivity contribution in [3.05, 3.63) is 34.6 Å². The minimum Gasteiger partial charge on any atom is -0.394 e. The molecule has 0 fully saturated rings. The summed E-state index contributed by atoms with van der Waals surface area (Å²) < 4.78 is 18.3. The molecule has 16 heavy (non-hydrogen) atoms. The second-order valence-electron chi connectivity index (χ2n) is 3.63. The molecule has 1 aromatic carbocycles. The molecule has 0 saturated heterocycles. The Morgan fingerprint density at radius 2 is 2.25 bits per heavy atom. The highest BCUT2D eigenvalue weighted by molar-refractivity contribution is 6.31. The van der Waals surface area contributed by atoms with Gasteiger partial charge in [0.15, 0.2) is 0 Å². The lowest BCUT2D eigenvalue weighted by Crippen LogP contribution is -2.36. The molecular weight excluding hydrogens is 233 g/mol. The summed E-state index contributed by atoms with van der Waals surface area (Å²) in [5, 5.41) is 9.00. The third kappa shape index (κ3) is 2.92. The van der Waals surface area contributed by atoms with E-state index in [4.69, 9.17) is 27.2 Å². The van der Waals surface area contributed by atoms with Crippen molar-refractivity contribution in [1.82, 2.24) is 0 Å². The van der Waals surface area contributed by atoms with Crippen molar-refractivity contribution in [2.24, 2.45) is 5.73 Å². The summed E-state index contributed by atoms with van der Waals surface area (Å²) in [6.07, 6.45) is 0. The first-order valence-corrected chi connectivity index (χ1v) is 5.31. The lowest BCUT2D eigenvalue weighted by atomic mass is 9.95. The van der Waals surface area contributed by atoms with E-state index >= 15 is 0 Å². The summed E-state index contributed by atoms with van der Waals surface area (Å²) in [5.41, 5.74) is 5.43. The molecule has 0 aliphatic rings. The second-order valence-corrected chi connectivity index (χ2v) is 4.04. The fraction of sp³-hybridized carbons (Fsp3) is 0.455. The first kappa shape index (κ1) is 13.4. The standard InChI is InChI=1S/C11H15ClFNO2/c1-11(7-14,16-5-4-15)9-3-2-8(13)6-10(9)12/h2-3,6,15H,4-5,7,14H2,1H3. The largest absolute Gasteiger partial charge is 0.394 e. The van der Waals surface area contributed by atoms with Gasteiger partial charge in [0.05, 0.1) is 13.2 Å². The SMILES string of the molecule is CC(CN)(OCCO)c1ccc(F)cc1Cl. The molecule has 3 N–H and O–H groups in total. The van der Waals surface area contributed by atoms with Crippen molar-refractivity contribution in [2.75, 3.05) is 19.8 Å². The minimum atomic E-state index is -0.812. The zero-order chi connectivity index (χ0) is 12.2. The van der Waals surface area contributed by atoms with Crippen LogP contribution in [-0.4, -0.2) is 24.9 Å². The Morgan fingerprint density at radius 1 is 1.56 bits per heavy atom. The number of ether oxygens (including phenoxy) is 1. The maximum Gasteiger partial charge on any atom is 0.124 e. The Labute approximate surface area is 99.0 Å². The molecule has 1 rings (SSSR count). The van der Waals surface area contributed by atoms with Crippen LogP contribution in [0.15, 0.2) is 18.2 Å². The van der Waals surface area contributed by atoms with E-state index in [1.807, 2.05) is 0 Å². The van der Waals surface area contributed by atoms with Crippen LogP contribution in [0.3, 0.4) is 0 Å². The highest BCUT2D eigenvalue weighted by atomic mass is 35.5. The van der Waals surface area contributed by atoms with Crippen LogP contribution in [0.5, 0.6) is 0 Å². The maximum absolute atomic E-state index is 12.9. The van der Waals surface area contributed by atoms with Crippen LogP contribution in [0.1, 0.15) is 12.5 Å². The lowest BCUT2D eigenvalue weighted by molar-refractivity contribution is -0.0436. The van der Waals surface area contributed by atoms with Crippen LogP contribution in [0, 0.1) is 5.82 Å². The lowest BCUT2D eigenvalue weighted by Gasteiger charge is -2.29.